The van der Waals surface area contributed by atoms with E-state index in [9.17, 15) is 4.79 Å². The lowest BCUT2D eigenvalue weighted by Crippen LogP contribution is -2.11. The molecule has 0 amide bonds. The van der Waals surface area contributed by atoms with Crippen molar-refractivity contribution in [3.05, 3.63) is 43.2 Å². The van der Waals surface area contributed by atoms with E-state index in [0.29, 0.717) is 6.42 Å². The predicted molar refractivity (Wildman–Crippen MR) is 80.9 cm³/mol. The Hall–Kier alpha value is -1.35. The summed E-state index contributed by atoms with van der Waals surface area (Å²) in [4.78, 5) is 10.1. The largest absolute Gasteiger partial charge is 0.435 e. The molecule has 2 nitrogen and oxygen atoms in total. The van der Waals surface area contributed by atoms with Crippen LogP contribution in [0.15, 0.2) is 43.2 Å². The summed E-state index contributed by atoms with van der Waals surface area (Å²) in [5.41, 5.74) is 0. The second-order valence-electron chi connectivity index (χ2n) is 3.95. The lowest BCUT2D eigenvalue weighted by Gasteiger charge is -1.97. The van der Waals surface area contributed by atoms with Crippen molar-refractivity contribution in [1.29, 1.82) is 0 Å². The van der Waals surface area contributed by atoms with Gasteiger partial charge in [-0.25, -0.2) is 0 Å². The molecule has 1 aromatic carbocycles. The highest BCUT2D eigenvalue weighted by Gasteiger charge is 1.90. The molecule has 0 aliphatic carbocycles. The zero-order valence-electron chi connectivity index (χ0n) is 11.5. The van der Waals surface area contributed by atoms with E-state index in [1.54, 1.807) is 12.1 Å². The topological polar surface area (TPSA) is 26.3 Å². The van der Waals surface area contributed by atoms with Gasteiger partial charge in [-0.2, -0.15) is 0 Å². The van der Waals surface area contributed by atoms with Crippen molar-refractivity contribution in [2.75, 3.05) is 0 Å². The van der Waals surface area contributed by atoms with Crippen LogP contribution in [0.25, 0.3) is 0 Å². The van der Waals surface area contributed by atoms with Gasteiger partial charge in [-0.3, -0.25) is 4.79 Å². The summed E-state index contributed by atoms with van der Waals surface area (Å²) in [7, 11) is 0.0776. The zero-order valence-corrected chi connectivity index (χ0v) is 12.9. The maximum Gasteiger partial charge on any atom is 0.310 e. The Kier molecular flexibility index (Phi) is 11.2. The van der Waals surface area contributed by atoms with E-state index in [-0.39, 0.29) is 15.5 Å². The monoisotopic (exact) mass is 264 g/mol. The summed E-state index contributed by atoms with van der Waals surface area (Å²) in [5.74, 6) is -0.241. The fraction of sp³-hybridized carbons (Fsp3) is 0.400. The molecular formula is C15H24O2Si. The standard InChI is InChI=1S/C10H16Si.C5H8O2/c1-2-3-9-11-10-7-5-4-6-8-10;1-3-5(6)7-4-2/h4-8H,2-3,9,11H2,1H3;4H,2-3H2,1H3. The molecule has 18 heavy (non-hydrogen) atoms. The number of carbonyl (C=O) groups excluding carboxylic acids is 1. The smallest absolute Gasteiger partial charge is 0.310 e. The van der Waals surface area contributed by atoms with Gasteiger partial charge in [0.25, 0.3) is 0 Å². The van der Waals surface area contributed by atoms with Gasteiger partial charge < -0.3 is 4.74 Å². The summed E-state index contributed by atoms with van der Waals surface area (Å²) in [6.07, 6.45) is 4.30. The first-order valence-corrected chi connectivity index (χ1v) is 8.29. The summed E-state index contributed by atoms with van der Waals surface area (Å²) < 4.78 is 4.32. The third-order valence-electron chi connectivity index (χ3n) is 2.42. The molecule has 1 aromatic rings. The van der Waals surface area contributed by atoms with Crippen LogP contribution in [0.2, 0.25) is 6.04 Å². The van der Waals surface area contributed by atoms with Gasteiger partial charge in [0, 0.05) is 6.42 Å². The van der Waals surface area contributed by atoms with Crippen molar-refractivity contribution in [2.24, 2.45) is 0 Å². The lowest BCUT2D eigenvalue weighted by atomic mass is 10.4. The summed E-state index contributed by atoms with van der Waals surface area (Å²) in [5, 5.41) is 1.61. The second-order valence-corrected chi connectivity index (χ2v) is 5.98. The van der Waals surface area contributed by atoms with Crippen LogP contribution in [0.3, 0.4) is 0 Å². The molecule has 0 aliphatic rings. The fourth-order valence-electron chi connectivity index (χ4n) is 1.40. The number of ether oxygens (including phenoxy) is 1. The van der Waals surface area contributed by atoms with Crippen molar-refractivity contribution in [2.45, 2.75) is 39.2 Å². The first kappa shape index (κ1) is 16.6. The van der Waals surface area contributed by atoms with Crippen LogP contribution in [-0.4, -0.2) is 15.5 Å². The third-order valence-corrected chi connectivity index (χ3v) is 4.32. The molecule has 100 valence electrons. The molecule has 0 heterocycles. The molecule has 0 spiro atoms. The first-order valence-electron chi connectivity index (χ1n) is 6.58. The fourth-order valence-corrected chi connectivity index (χ4v) is 3.16. The van der Waals surface area contributed by atoms with Gasteiger partial charge in [0.05, 0.1) is 15.8 Å². The van der Waals surface area contributed by atoms with E-state index in [1.165, 1.54) is 18.9 Å². The molecular weight excluding hydrogens is 240 g/mol. The van der Waals surface area contributed by atoms with E-state index >= 15 is 0 Å². The zero-order chi connectivity index (χ0) is 13.6. The Morgan fingerprint density at radius 3 is 2.44 bits per heavy atom. The normalized spacial score (nSPS) is 9.67. The Morgan fingerprint density at radius 2 is 2.00 bits per heavy atom. The second kappa shape index (κ2) is 12.1. The Balaban J connectivity index is 0.000000360. The average Bonchev–Trinajstić information content (AvgIpc) is 2.41. The lowest BCUT2D eigenvalue weighted by molar-refractivity contribution is -0.137. The quantitative estimate of drug-likeness (QED) is 0.342. The molecule has 3 heteroatoms. The van der Waals surface area contributed by atoms with Gasteiger partial charge in [0.15, 0.2) is 0 Å². The van der Waals surface area contributed by atoms with Gasteiger partial charge in [0.2, 0.25) is 0 Å². The highest BCUT2D eigenvalue weighted by molar-refractivity contribution is 6.53. The predicted octanol–water partition coefficient (Wildman–Crippen LogP) is 2.78. The molecule has 0 unspecified atom stereocenters. The maximum absolute atomic E-state index is 10.1. The van der Waals surface area contributed by atoms with Crippen LogP contribution in [0.4, 0.5) is 0 Å². The summed E-state index contributed by atoms with van der Waals surface area (Å²) in [6, 6.07) is 12.4. The van der Waals surface area contributed by atoms with Gasteiger partial charge in [-0.1, -0.05) is 74.8 Å². The SMILES string of the molecule is C=COC(=O)CC.CCCC[SiH2]c1ccccc1. The van der Waals surface area contributed by atoms with Crippen LogP contribution in [0.5, 0.6) is 0 Å². The van der Waals surface area contributed by atoms with Crippen LogP contribution < -0.4 is 5.19 Å². The number of unbranched alkanes of at least 4 members (excludes halogenated alkanes) is 1. The minimum absolute atomic E-state index is 0.0776. The van der Waals surface area contributed by atoms with Crippen molar-refractivity contribution in [1.82, 2.24) is 0 Å². The highest BCUT2D eigenvalue weighted by atomic mass is 28.2. The van der Waals surface area contributed by atoms with Gasteiger partial charge >= 0.3 is 5.97 Å². The number of benzene rings is 1. The highest BCUT2D eigenvalue weighted by Crippen LogP contribution is 1.93. The molecule has 0 N–H and O–H groups in total. The van der Waals surface area contributed by atoms with E-state index in [4.69, 9.17) is 0 Å². The Labute approximate surface area is 113 Å². The van der Waals surface area contributed by atoms with E-state index < -0.39 is 0 Å². The average molecular weight is 264 g/mol. The minimum atomic E-state index is -0.241. The molecule has 0 fully saturated rings. The van der Waals surface area contributed by atoms with Crippen LogP contribution in [0, 0.1) is 0 Å². The number of rotatable bonds is 6. The van der Waals surface area contributed by atoms with E-state index in [1.807, 2.05) is 0 Å². The van der Waals surface area contributed by atoms with Gasteiger partial charge in [0.1, 0.15) is 0 Å². The Morgan fingerprint density at radius 1 is 1.33 bits per heavy atom. The Bertz CT molecular complexity index is 323. The number of carbonyl (C=O) groups is 1. The van der Waals surface area contributed by atoms with Crippen molar-refractivity contribution in [3.63, 3.8) is 0 Å². The molecule has 0 saturated carbocycles. The first-order chi connectivity index (χ1) is 8.74. The molecule has 0 aliphatic heterocycles. The van der Waals surface area contributed by atoms with Crippen molar-refractivity contribution < 1.29 is 9.53 Å². The van der Waals surface area contributed by atoms with Crippen LogP contribution in [0.1, 0.15) is 33.1 Å². The number of hydrogen-bond acceptors (Lipinski definition) is 2. The molecule has 0 bridgehead atoms. The maximum atomic E-state index is 10.1. The molecule has 0 aromatic heterocycles. The number of esters is 1. The third kappa shape index (κ3) is 9.84. The minimum Gasteiger partial charge on any atom is -0.435 e. The molecule has 1 rings (SSSR count). The number of hydrogen-bond donors (Lipinski definition) is 0. The molecule has 0 atom stereocenters. The van der Waals surface area contributed by atoms with E-state index in [0.717, 1.165) is 6.26 Å². The van der Waals surface area contributed by atoms with Crippen molar-refractivity contribution >= 4 is 20.7 Å². The molecule has 0 saturated heterocycles. The van der Waals surface area contributed by atoms with E-state index in [2.05, 4.69) is 48.6 Å². The van der Waals surface area contributed by atoms with Crippen molar-refractivity contribution in [3.8, 4) is 0 Å². The molecule has 0 radical (unpaired) electrons. The van der Waals surface area contributed by atoms with Gasteiger partial charge in [-0.05, 0) is 0 Å². The van der Waals surface area contributed by atoms with Crippen LogP contribution in [-0.2, 0) is 9.53 Å². The summed E-state index contributed by atoms with van der Waals surface area (Å²) >= 11 is 0. The van der Waals surface area contributed by atoms with Gasteiger partial charge in [-0.15, -0.1) is 0 Å². The summed E-state index contributed by atoms with van der Waals surface area (Å²) in [6.45, 7) is 7.20. The van der Waals surface area contributed by atoms with Crippen LogP contribution >= 0.6 is 0 Å².